The van der Waals surface area contributed by atoms with Crippen LogP contribution in [0.2, 0.25) is 0 Å². The predicted octanol–water partition coefficient (Wildman–Crippen LogP) is 6.17. The molecule has 166 valence electrons. The highest BCUT2D eigenvalue weighted by Crippen LogP contribution is 2.51. The van der Waals surface area contributed by atoms with Gasteiger partial charge in [-0.15, -0.1) is 0 Å². The molecule has 1 aromatic heterocycles. The number of hydrogen-bond donors (Lipinski definition) is 0. The minimum Gasteiger partial charge on any atom is -0.461 e. The summed E-state index contributed by atoms with van der Waals surface area (Å²) in [5.74, 6) is 0.622. The lowest BCUT2D eigenvalue weighted by Gasteiger charge is -2.47. The number of rotatable bonds is 6. The number of fused-ring (bicyclic) bond motifs is 3. The van der Waals surface area contributed by atoms with E-state index in [1.807, 2.05) is 6.92 Å². The van der Waals surface area contributed by atoms with E-state index < -0.39 is 0 Å². The number of carbonyl (C=O) groups excluding carboxylic acids is 1. The number of nitrogens with zero attached hydrogens (tertiary/aromatic N) is 2. The summed E-state index contributed by atoms with van der Waals surface area (Å²) >= 11 is 0. The first kappa shape index (κ1) is 21.0. The molecule has 0 spiro atoms. The van der Waals surface area contributed by atoms with Crippen molar-refractivity contribution < 1.29 is 9.53 Å². The zero-order chi connectivity index (χ0) is 22.1. The summed E-state index contributed by atoms with van der Waals surface area (Å²) in [6, 6.07) is 19.6. The Morgan fingerprint density at radius 1 is 1.00 bits per heavy atom. The molecule has 0 atom stereocenters. The monoisotopic (exact) mass is 428 g/mol. The number of hydrogen-bond acceptors (Lipinski definition) is 3. The Labute approximate surface area is 190 Å². The van der Waals surface area contributed by atoms with Crippen LogP contribution < -0.4 is 0 Å². The van der Waals surface area contributed by atoms with Crippen molar-refractivity contribution in [2.75, 3.05) is 6.61 Å². The number of aromatic nitrogens is 2. The highest BCUT2D eigenvalue weighted by atomic mass is 16.5. The van der Waals surface area contributed by atoms with Crippen LogP contribution in [0.1, 0.15) is 78.3 Å². The van der Waals surface area contributed by atoms with Crippen LogP contribution in [0.3, 0.4) is 0 Å². The molecule has 0 saturated heterocycles. The van der Waals surface area contributed by atoms with Gasteiger partial charge in [0.15, 0.2) is 5.69 Å². The van der Waals surface area contributed by atoms with E-state index in [1.54, 1.807) is 23.2 Å². The highest BCUT2D eigenvalue weighted by molar-refractivity contribution is 5.87. The molecule has 0 aliphatic heterocycles. The van der Waals surface area contributed by atoms with E-state index in [1.165, 1.54) is 49.7 Å². The summed E-state index contributed by atoms with van der Waals surface area (Å²) < 4.78 is 6.86. The van der Waals surface area contributed by atoms with Crippen LogP contribution in [0.25, 0.3) is 5.69 Å². The van der Waals surface area contributed by atoms with Gasteiger partial charge in [0.05, 0.1) is 12.3 Å². The molecule has 6 rings (SSSR count). The molecule has 3 aliphatic rings. The molecule has 3 aromatic rings. The maximum Gasteiger partial charge on any atom is 0.358 e. The maximum absolute atomic E-state index is 12.0. The van der Waals surface area contributed by atoms with E-state index in [0.717, 1.165) is 23.7 Å². The molecule has 2 aromatic carbocycles. The SMILES string of the molecule is CCOC(=O)c1cc(C)n(-c2ccc(Cc3ccc(C45CCC(CC4)CC5)cc3)cc2)n1. The second-order valence-electron chi connectivity index (χ2n) is 9.61. The van der Waals surface area contributed by atoms with Crippen LogP contribution in [0, 0.1) is 12.8 Å². The Kier molecular flexibility index (Phi) is 5.62. The van der Waals surface area contributed by atoms with E-state index >= 15 is 0 Å². The molecule has 0 unspecified atom stereocenters. The van der Waals surface area contributed by atoms with Crippen LogP contribution in [-0.2, 0) is 16.6 Å². The van der Waals surface area contributed by atoms with Crippen molar-refractivity contribution in [1.82, 2.24) is 9.78 Å². The van der Waals surface area contributed by atoms with Crippen molar-refractivity contribution in [1.29, 1.82) is 0 Å². The molecule has 0 amide bonds. The van der Waals surface area contributed by atoms with E-state index in [0.29, 0.717) is 17.7 Å². The van der Waals surface area contributed by atoms with E-state index in [9.17, 15) is 4.79 Å². The molecule has 32 heavy (non-hydrogen) atoms. The fourth-order valence-electron chi connectivity index (χ4n) is 5.69. The summed E-state index contributed by atoms with van der Waals surface area (Å²) in [6.45, 7) is 4.10. The fourth-order valence-corrected chi connectivity index (χ4v) is 5.69. The first-order chi connectivity index (χ1) is 15.6. The quantitative estimate of drug-likeness (QED) is 0.441. The normalized spacial score (nSPS) is 22.1. The lowest BCUT2D eigenvalue weighted by molar-refractivity contribution is 0.0519. The van der Waals surface area contributed by atoms with E-state index in [2.05, 4.69) is 53.6 Å². The largest absolute Gasteiger partial charge is 0.461 e. The fraction of sp³-hybridized carbons (Fsp3) is 0.429. The Morgan fingerprint density at radius 2 is 1.59 bits per heavy atom. The van der Waals surface area contributed by atoms with Crippen LogP contribution >= 0.6 is 0 Å². The third-order valence-corrected chi connectivity index (χ3v) is 7.62. The van der Waals surface area contributed by atoms with Gasteiger partial charge < -0.3 is 4.74 Å². The number of ether oxygens (including phenoxy) is 1. The van der Waals surface area contributed by atoms with Crippen LogP contribution in [0.15, 0.2) is 54.6 Å². The molecule has 0 N–H and O–H groups in total. The third kappa shape index (κ3) is 3.99. The average molecular weight is 429 g/mol. The highest BCUT2D eigenvalue weighted by Gasteiger charge is 2.41. The molecule has 3 aliphatic carbocycles. The minimum atomic E-state index is -0.379. The lowest BCUT2D eigenvalue weighted by Crippen LogP contribution is -2.37. The van der Waals surface area contributed by atoms with Crippen LogP contribution in [-0.4, -0.2) is 22.4 Å². The molecule has 2 bridgehead atoms. The van der Waals surface area contributed by atoms with Crippen molar-refractivity contribution in [3.05, 3.63) is 82.7 Å². The van der Waals surface area contributed by atoms with E-state index in [-0.39, 0.29) is 5.97 Å². The van der Waals surface area contributed by atoms with Gasteiger partial charge in [-0.25, -0.2) is 9.48 Å². The van der Waals surface area contributed by atoms with Crippen molar-refractivity contribution in [3.8, 4) is 5.69 Å². The molecule has 1 heterocycles. The maximum atomic E-state index is 12.0. The zero-order valence-electron chi connectivity index (χ0n) is 19.1. The first-order valence-electron chi connectivity index (χ1n) is 12.0. The third-order valence-electron chi connectivity index (χ3n) is 7.62. The number of aryl methyl sites for hydroxylation is 1. The van der Waals surface area contributed by atoms with Crippen molar-refractivity contribution in [2.45, 2.75) is 64.2 Å². The standard InChI is InChI=1S/C28H32N2O2/c1-3-32-27(31)26-18-20(2)30(29-26)25-10-6-23(7-11-25)19-22-4-8-24(9-5-22)28-15-12-21(13-16-28)14-17-28/h4-11,18,21H,3,12-17,19H2,1-2H3. The zero-order valence-corrected chi connectivity index (χ0v) is 19.1. The summed E-state index contributed by atoms with van der Waals surface area (Å²) in [5, 5.41) is 4.43. The Morgan fingerprint density at radius 3 is 2.19 bits per heavy atom. The van der Waals surface area contributed by atoms with Gasteiger partial charge in [-0.1, -0.05) is 36.4 Å². The van der Waals surface area contributed by atoms with Crippen LogP contribution in [0.5, 0.6) is 0 Å². The summed E-state index contributed by atoms with van der Waals surface area (Å²) in [4.78, 5) is 12.0. The second-order valence-corrected chi connectivity index (χ2v) is 9.61. The number of benzene rings is 2. The minimum absolute atomic E-state index is 0.347. The Balaban J connectivity index is 1.28. The van der Waals surface area contributed by atoms with Gasteiger partial charge in [0.25, 0.3) is 0 Å². The molecule has 4 heteroatoms. The van der Waals surface area contributed by atoms with Crippen LogP contribution in [0.4, 0.5) is 0 Å². The van der Waals surface area contributed by atoms with Gasteiger partial charge in [-0.2, -0.15) is 5.10 Å². The molecular formula is C28H32N2O2. The van der Waals surface area contributed by atoms with Crippen molar-refractivity contribution in [2.24, 2.45) is 5.92 Å². The molecule has 4 nitrogen and oxygen atoms in total. The Hall–Kier alpha value is -2.88. The molecule has 3 fully saturated rings. The van der Waals surface area contributed by atoms with Gasteiger partial charge in [0, 0.05) is 5.69 Å². The summed E-state index contributed by atoms with van der Waals surface area (Å²) in [5.41, 5.74) is 6.84. The average Bonchev–Trinajstić information content (AvgIpc) is 3.23. The summed E-state index contributed by atoms with van der Waals surface area (Å²) in [6.07, 6.45) is 9.32. The molecule has 0 radical (unpaired) electrons. The first-order valence-corrected chi connectivity index (χ1v) is 12.0. The van der Waals surface area contributed by atoms with Gasteiger partial charge in [-0.3, -0.25) is 0 Å². The smallest absolute Gasteiger partial charge is 0.358 e. The van der Waals surface area contributed by atoms with Gasteiger partial charge >= 0.3 is 5.97 Å². The molecule has 3 saturated carbocycles. The topological polar surface area (TPSA) is 44.1 Å². The predicted molar refractivity (Wildman–Crippen MR) is 126 cm³/mol. The number of carbonyl (C=O) groups is 1. The van der Waals surface area contributed by atoms with Gasteiger partial charge in [0.1, 0.15) is 0 Å². The van der Waals surface area contributed by atoms with Crippen molar-refractivity contribution in [3.63, 3.8) is 0 Å². The number of esters is 1. The lowest BCUT2D eigenvalue weighted by atomic mass is 9.58. The second kappa shape index (κ2) is 8.57. The van der Waals surface area contributed by atoms with E-state index in [4.69, 9.17) is 4.74 Å². The Bertz CT molecular complexity index is 1070. The van der Waals surface area contributed by atoms with Gasteiger partial charge in [-0.05, 0) is 105 Å². The molecular weight excluding hydrogens is 396 g/mol. The van der Waals surface area contributed by atoms with Gasteiger partial charge in [0.2, 0.25) is 0 Å². The van der Waals surface area contributed by atoms with Crippen molar-refractivity contribution >= 4 is 5.97 Å². The summed E-state index contributed by atoms with van der Waals surface area (Å²) in [7, 11) is 0.